The van der Waals surface area contributed by atoms with Crippen molar-refractivity contribution in [3.8, 4) is 16.9 Å². The van der Waals surface area contributed by atoms with Gasteiger partial charge in [-0.1, -0.05) is 30.3 Å². The number of hydrogen-bond acceptors (Lipinski definition) is 4. The van der Waals surface area contributed by atoms with Gasteiger partial charge in [0.2, 0.25) is 0 Å². The summed E-state index contributed by atoms with van der Waals surface area (Å²) in [6, 6.07) is 21.8. The smallest absolute Gasteiger partial charge is 0.338 e. The maximum atomic E-state index is 13.4. The Balaban J connectivity index is 1.79. The van der Waals surface area contributed by atoms with Crippen LogP contribution in [0.5, 0.6) is 0 Å². The molecule has 0 spiro atoms. The molecule has 6 nitrogen and oxygen atoms in total. The number of nitrogens with one attached hydrogen (secondary N) is 1. The van der Waals surface area contributed by atoms with Gasteiger partial charge in [-0.2, -0.15) is 0 Å². The predicted octanol–water partition coefficient (Wildman–Crippen LogP) is 5.29. The lowest BCUT2D eigenvalue weighted by molar-refractivity contribution is 0.0526. The minimum absolute atomic E-state index is 0.300. The van der Waals surface area contributed by atoms with Gasteiger partial charge in [0, 0.05) is 5.56 Å². The first kappa shape index (κ1) is 22.0. The minimum atomic E-state index is -0.399. The van der Waals surface area contributed by atoms with Crippen LogP contribution < -0.4 is 5.56 Å². The molecule has 0 saturated heterocycles. The number of benzene rings is 3. The summed E-state index contributed by atoms with van der Waals surface area (Å²) in [7, 11) is 0. The zero-order valence-electron chi connectivity index (χ0n) is 18.2. The zero-order valence-corrected chi connectivity index (χ0v) is 18.2. The monoisotopic (exact) mass is 443 g/mol. The van der Waals surface area contributed by atoms with Crippen molar-refractivity contribution in [3.05, 3.63) is 106 Å². The second kappa shape index (κ2) is 9.48. The fourth-order valence-corrected chi connectivity index (χ4v) is 3.49. The van der Waals surface area contributed by atoms with Crippen molar-refractivity contribution in [1.29, 1.82) is 0 Å². The number of esters is 1. The molecule has 1 aromatic heterocycles. The van der Waals surface area contributed by atoms with Crippen LogP contribution >= 0.6 is 0 Å². The summed E-state index contributed by atoms with van der Waals surface area (Å²) in [5.74, 6) is -0.783. The van der Waals surface area contributed by atoms with E-state index in [1.165, 1.54) is 28.9 Å². The van der Waals surface area contributed by atoms with Crippen LogP contribution in [-0.4, -0.2) is 28.1 Å². The highest BCUT2D eigenvalue weighted by molar-refractivity contribution is 6.04. The van der Waals surface area contributed by atoms with E-state index in [1.807, 2.05) is 30.3 Å². The minimum Gasteiger partial charge on any atom is -0.462 e. The number of carbonyl (C=O) groups is 1. The molecule has 7 heteroatoms. The molecule has 0 saturated carbocycles. The molecule has 0 amide bonds. The summed E-state index contributed by atoms with van der Waals surface area (Å²) in [6.45, 7) is 3.80. The summed E-state index contributed by atoms with van der Waals surface area (Å²) >= 11 is 0. The summed E-state index contributed by atoms with van der Waals surface area (Å²) in [6.07, 6.45) is 0. The van der Waals surface area contributed by atoms with Crippen LogP contribution in [0, 0.1) is 5.82 Å². The molecular formula is C26H22FN3O3. The normalized spacial score (nSPS) is 11.4. The van der Waals surface area contributed by atoms with E-state index in [2.05, 4.69) is 10.1 Å². The van der Waals surface area contributed by atoms with Crippen LogP contribution in [0.4, 0.5) is 10.1 Å². The summed E-state index contributed by atoms with van der Waals surface area (Å²) in [4.78, 5) is 29.9. The quantitative estimate of drug-likeness (QED) is 0.325. The Kier molecular flexibility index (Phi) is 6.31. The van der Waals surface area contributed by atoms with Crippen LogP contribution in [0.25, 0.3) is 16.9 Å². The molecule has 3 aromatic carbocycles. The Bertz CT molecular complexity index is 1350. The molecule has 0 atom stereocenters. The maximum Gasteiger partial charge on any atom is 0.338 e. The van der Waals surface area contributed by atoms with E-state index in [0.29, 0.717) is 40.5 Å². The van der Waals surface area contributed by atoms with Crippen molar-refractivity contribution in [2.45, 2.75) is 13.8 Å². The largest absolute Gasteiger partial charge is 0.462 e. The van der Waals surface area contributed by atoms with Crippen molar-refractivity contribution in [2.75, 3.05) is 6.61 Å². The molecule has 4 rings (SSSR count). The summed E-state index contributed by atoms with van der Waals surface area (Å²) < 4.78 is 19.8. The van der Waals surface area contributed by atoms with Gasteiger partial charge in [-0.3, -0.25) is 14.9 Å². The van der Waals surface area contributed by atoms with Crippen molar-refractivity contribution in [2.24, 2.45) is 4.99 Å². The highest BCUT2D eigenvalue weighted by Gasteiger charge is 2.19. The first-order chi connectivity index (χ1) is 16.0. The van der Waals surface area contributed by atoms with Gasteiger partial charge >= 0.3 is 5.97 Å². The number of aromatic nitrogens is 2. The molecule has 0 aliphatic heterocycles. The average Bonchev–Trinajstić information content (AvgIpc) is 3.18. The molecular weight excluding hydrogens is 421 g/mol. The number of nitrogens with zero attached hydrogens (tertiary/aromatic N) is 2. The molecule has 0 radical (unpaired) electrons. The third-order valence-electron chi connectivity index (χ3n) is 5.07. The number of hydrogen-bond donors (Lipinski definition) is 1. The molecule has 0 bridgehead atoms. The maximum absolute atomic E-state index is 13.4. The fraction of sp³-hybridized carbons (Fsp3) is 0.115. The molecule has 4 aromatic rings. The summed E-state index contributed by atoms with van der Waals surface area (Å²) in [5.41, 5.74) is 3.56. The number of rotatable bonds is 6. The number of H-pyrrole nitrogens is 1. The lowest BCUT2D eigenvalue weighted by Gasteiger charge is -2.04. The van der Waals surface area contributed by atoms with Gasteiger partial charge in [-0.25, -0.2) is 13.9 Å². The Labute approximate surface area is 190 Å². The van der Waals surface area contributed by atoms with Crippen LogP contribution in [0.1, 0.15) is 29.8 Å². The molecule has 0 aliphatic rings. The lowest BCUT2D eigenvalue weighted by Crippen LogP contribution is -2.19. The van der Waals surface area contributed by atoms with Crippen molar-refractivity contribution >= 4 is 17.4 Å². The Hall–Kier alpha value is -4.26. The third kappa shape index (κ3) is 4.67. The van der Waals surface area contributed by atoms with Crippen molar-refractivity contribution in [1.82, 2.24) is 9.78 Å². The molecule has 166 valence electrons. The topological polar surface area (TPSA) is 76.4 Å². The van der Waals surface area contributed by atoms with Crippen molar-refractivity contribution < 1.29 is 13.9 Å². The zero-order chi connectivity index (χ0) is 23.4. The molecule has 0 aliphatic carbocycles. The van der Waals surface area contributed by atoms with Gasteiger partial charge in [-0.15, -0.1) is 0 Å². The Morgan fingerprint density at radius 1 is 1.00 bits per heavy atom. The highest BCUT2D eigenvalue weighted by Crippen LogP contribution is 2.23. The molecule has 1 heterocycles. The lowest BCUT2D eigenvalue weighted by atomic mass is 10.1. The summed E-state index contributed by atoms with van der Waals surface area (Å²) in [5, 5.41) is 3.15. The number of aliphatic imine (C=N–C) groups is 1. The van der Waals surface area contributed by atoms with Gasteiger partial charge in [0.1, 0.15) is 5.82 Å². The second-order valence-corrected chi connectivity index (χ2v) is 7.31. The first-order valence-corrected chi connectivity index (χ1v) is 10.5. The van der Waals surface area contributed by atoms with E-state index in [1.54, 1.807) is 38.1 Å². The van der Waals surface area contributed by atoms with Crippen LogP contribution in [-0.2, 0) is 4.74 Å². The number of carbonyl (C=O) groups excluding carboxylic acids is 1. The van der Waals surface area contributed by atoms with E-state index < -0.39 is 5.97 Å². The number of halogens is 1. The van der Waals surface area contributed by atoms with E-state index in [-0.39, 0.29) is 11.4 Å². The number of ether oxygens (including phenoxy) is 1. The molecule has 0 fully saturated rings. The SMILES string of the molecule is CCOC(=O)c1ccc(N=C(C)c2c(-c3ccccc3)[nH]n(-c3ccc(F)cc3)c2=O)cc1. The molecule has 33 heavy (non-hydrogen) atoms. The van der Waals surface area contributed by atoms with Crippen LogP contribution in [0.15, 0.2) is 88.6 Å². The van der Waals surface area contributed by atoms with Crippen LogP contribution in [0.3, 0.4) is 0 Å². The average molecular weight is 443 g/mol. The highest BCUT2D eigenvalue weighted by atomic mass is 19.1. The standard InChI is InChI=1S/C26H22FN3O3/c1-3-33-26(32)19-9-13-21(14-10-19)28-17(2)23-24(18-7-5-4-6-8-18)29-30(25(23)31)22-15-11-20(27)12-16-22/h4-16,29H,3H2,1-2H3. The third-order valence-corrected chi connectivity index (χ3v) is 5.07. The first-order valence-electron chi connectivity index (χ1n) is 10.5. The van der Waals surface area contributed by atoms with Gasteiger partial charge in [0.15, 0.2) is 0 Å². The van der Waals surface area contributed by atoms with Gasteiger partial charge < -0.3 is 4.74 Å². The van der Waals surface area contributed by atoms with E-state index in [0.717, 1.165) is 5.56 Å². The molecule has 0 unspecified atom stereocenters. The Morgan fingerprint density at radius 3 is 2.30 bits per heavy atom. The van der Waals surface area contributed by atoms with Crippen LogP contribution in [0.2, 0.25) is 0 Å². The van der Waals surface area contributed by atoms with E-state index in [9.17, 15) is 14.0 Å². The Morgan fingerprint density at radius 2 is 1.67 bits per heavy atom. The van der Waals surface area contributed by atoms with Gasteiger partial charge in [0.25, 0.3) is 5.56 Å². The predicted molar refractivity (Wildman–Crippen MR) is 126 cm³/mol. The fourth-order valence-electron chi connectivity index (χ4n) is 3.49. The van der Waals surface area contributed by atoms with Gasteiger partial charge in [0.05, 0.1) is 40.5 Å². The van der Waals surface area contributed by atoms with E-state index in [4.69, 9.17) is 4.74 Å². The second-order valence-electron chi connectivity index (χ2n) is 7.31. The van der Waals surface area contributed by atoms with E-state index >= 15 is 0 Å². The number of aromatic amines is 1. The molecule has 1 N–H and O–H groups in total. The van der Waals surface area contributed by atoms with Crippen molar-refractivity contribution in [3.63, 3.8) is 0 Å². The van der Waals surface area contributed by atoms with Gasteiger partial charge in [-0.05, 0) is 62.4 Å².